The van der Waals surface area contributed by atoms with E-state index in [1.54, 1.807) is 6.08 Å². The van der Waals surface area contributed by atoms with Gasteiger partial charge < -0.3 is 0 Å². The lowest BCUT2D eigenvalue weighted by Crippen LogP contribution is -1.63. The fourth-order valence-electron chi connectivity index (χ4n) is 0.318. The Bertz CT molecular complexity index is 117. The van der Waals surface area contributed by atoms with Crippen LogP contribution in [0.3, 0.4) is 0 Å². The number of allylic oxidation sites excluding steroid dienone is 2. The molecule has 0 saturated heterocycles. The maximum Gasteiger partial charge on any atom is 0.142 e. The molecule has 0 N–H and O–H groups in total. The molecule has 0 radical (unpaired) electrons. The minimum Gasteiger partial charge on any atom is -0.299 e. The molecule has 0 aromatic rings. The van der Waals surface area contributed by atoms with Crippen LogP contribution in [-0.4, -0.2) is 6.29 Å². The molecular formula is C7H8O. The number of unbranched alkanes of at least 4 members (excludes halogenated alkanes) is 1. The predicted octanol–water partition coefficient (Wildman–Crippen LogP) is 1.15. The van der Waals surface area contributed by atoms with Crippen molar-refractivity contribution in [2.75, 3.05) is 0 Å². The smallest absolute Gasteiger partial charge is 0.142 e. The van der Waals surface area contributed by atoms with Crippen molar-refractivity contribution in [1.82, 2.24) is 0 Å². The molecule has 42 valence electrons. The highest BCUT2D eigenvalue weighted by Crippen LogP contribution is 1.85. The summed E-state index contributed by atoms with van der Waals surface area (Å²) in [5, 5.41) is 0. The molecule has 1 nitrogen and oxygen atoms in total. The first-order valence-electron chi connectivity index (χ1n) is 2.45. The average Bonchev–Trinajstić information content (AvgIpc) is 1.81. The Morgan fingerprint density at radius 1 is 1.62 bits per heavy atom. The summed E-state index contributed by atoms with van der Waals surface area (Å²) >= 11 is 0. The Balaban J connectivity index is 3.06. The summed E-state index contributed by atoms with van der Waals surface area (Å²) in [6.45, 7) is 0. The Morgan fingerprint density at radius 3 is 2.88 bits per heavy atom. The van der Waals surface area contributed by atoms with Crippen LogP contribution in [0.5, 0.6) is 0 Å². The first-order valence-corrected chi connectivity index (χ1v) is 2.45. The van der Waals surface area contributed by atoms with E-state index in [-0.39, 0.29) is 0 Å². The van der Waals surface area contributed by atoms with Gasteiger partial charge in [0.05, 0.1) is 0 Å². The first-order chi connectivity index (χ1) is 3.91. The number of rotatable bonds is 3. The normalized spacial score (nSPS) is 8.88. The molecule has 0 rings (SSSR count). The standard InChI is InChI=1S/C7H8O/c1-2-3-4-5-6-7-8/h1,5-7H,3-4H2. The topological polar surface area (TPSA) is 17.1 Å². The van der Waals surface area contributed by atoms with Crippen molar-refractivity contribution in [3.05, 3.63) is 12.2 Å². The van der Waals surface area contributed by atoms with E-state index in [1.807, 2.05) is 0 Å². The number of carbonyl (C=O) groups is 1. The molecule has 0 fully saturated rings. The molecule has 0 heterocycles. The number of hydrogen-bond acceptors (Lipinski definition) is 1. The number of hydrogen-bond donors (Lipinski definition) is 0. The summed E-state index contributed by atoms with van der Waals surface area (Å²) in [5.74, 6) is 2.46. The second kappa shape index (κ2) is 5.97. The molecule has 0 aliphatic rings. The zero-order valence-electron chi connectivity index (χ0n) is 4.63. The molecule has 0 bridgehead atoms. The molecule has 1 heteroatoms. The summed E-state index contributed by atoms with van der Waals surface area (Å²) in [4.78, 5) is 9.63. The molecule has 0 aromatic carbocycles. The quantitative estimate of drug-likeness (QED) is 0.229. The van der Waals surface area contributed by atoms with E-state index in [4.69, 9.17) is 6.42 Å². The molecule has 0 amide bonds. The molecule has 0 aliphatic carbocycles. The lowest BCUT2D eigenvalue weighted by atomic mass is 10.3. The van der Waals surface area contributed by atoms with Crippen LogP contribution >= 0.6 is 0 Å². The van der Waals surface area contributed by atoms with E-state index >= 15 is 0 Å². The fourth-order valence-corrected chi connectivity index (χ4v) is 0.318. The fraction of sp³-hybridized carbons (Fsp3) is 0.286. The first kappa shape index (κ1) is 6.97. The number of aldehydes is 1. The van der Waals surface area contributed by atoms with Crippen LogP contribution in [0.15, 0.2) is 12.2 Å². The van der Waals surface area contributed by atoms with Crippen LogP contribution in [0.2, 0.25) is 0 Å². The van der Waals surface area contributed by atoms with Crippen LogP contribution in [0, 0.1) is 12.3 Å². The number of carbonyl (C=O) groups excluding carboxylic acids is 1. The summed E-state index contributed by atoms with van der Waals surface area (Å²) in [6, 6.07) is 0. The van der Waals surface area contributed by atoms with E-state index in [0.29, 0.717) is 6.42 Å². The molecule has 0 atom stereocenters. The van der Waals surface area contributed by atoms with Gasteiger partial charge in [-0.05, 0) is 12.5 Å². The molecule has 0 saturated carbocycles. The third kappa shape index (κ3) is 4.97. The van der Waals surface area contributed by atoms with Crippen molar-refractivity contribution in [3.63, 3.8) is 0 Å². The SMILES string of the molecule is C#CCCC=CC=O. The summed E-state index contributed by atoms with van der Waals surface area (Å²) < 4.78 is 0. The van der Waals surface area contributed by atoms with Gasteiger partial charge in [0.2, 0.25) is 0 Å². The van der Waals surface area contributed by atoms with Gasteiger partial charge in [0.1, 0.15) is 6.29 Å². The van der Waals surface area contributed by atoms with Gasteiger partial charge in [0.15, 0.2) is 0 Å². The summed E-state index contributed by atoms with van der Waals surface area (Å²) in [5.41, 5.74) is 0. The van der Waals surface area contributed by atoms with Crippen molar-refractivity contribution < 1.29 is 4.79 Å². The van der Waals surface area contributed by atoms with E-state index < -0.39 is 0 Å². The third-order valence-electron chi connectivity index (χ3n) is 0.670. The van der Waals surface area contributed by atoms with Crippen molar-refractivity contribution >= 4 is 6.29 Å². The summed E-state index contributed by atoms with van der Waals surface area (Å²) in [6.07, 6.45) is 10.4. The van der Waals surface area contributed by atoms with Crippen molar-refractivity contribution in [3.8, 4) is 12.3 Å². The van der Waals surface area contributed by atoms with E-state index in [1.165, 1.54) is 6.08 Å². The molecular weight excluding hydrogens is 100 g/mol. The highest BCUT2D eigenvalue weighted by molar-refractivity contribution is 5.64. The van der Waals surface area contributed by atoms with Crippen LogP contribution < -0.4 is 0 Å². The summed E-state index contributed by atoms with van der Waals surface area (Å²) in [7, 11) is 0. The van der Waals surface area contributed by atoms with Gasteiger partial charge >= 0.3 is 0 Å². The van der Waals surface area contributed by atoms with Crippen molar-refractivity contribution in [1.29, 1.82) is 0 Å². The van der Waals surface area contributed by atoms with Crippen molar-refractivity contribution in [2.24, 2.45) is 0 Å². The molecule has 0 aliphatic heterocycles. The van der Waals surface area contributed by atoms with Gasteiger partial charge in [-0.25, -0.2) is 0 Å². The van der Waals surface area contributed by atoms with E-state index in [9.17, 15) is 4.79 Å². The molecule has 0 unspecified atom stereocenters. The van der Waals surface area contributed by atoms with Gasteiger partial charge in [-0.15, -0.1) is 12.3 Å². The molecule has 8 heavy (non-hydrogen) atoms. The predicted molar refractivity (Wildman–Crippen MR) is 33.3 cm³/mol. The van der Waals surface area contributed by atoms with Gasteiger partial charge in [-0.3, -0.25) is 4.79 Å². The highest BCUT2D eigenvalue weighted by atomic mass is 16.1. The minimum atomic E-state index is 0.713. The van der Waals surface area contributed by atoms with Gasteiger partial charge in [0, 0.05) is 6.42 Å². The highest BCUT2D eigenvalue weighted by Gasteiger charge is 1.70. The van der Waals surface area contributed by atoms with Crippen LogP contribution in [0.4, 0.5) is 0 Å². The zero-order chi connectivity index (χ0) is 6.24. The molecule has 0 aromatic heterocycles. The maximum atomic E-state index is 9.63. The lowest BCUT2D eigenvalue weighted by molar-refractivity contribution is -0.104. The Labute approximate surface area is 49.4 Å². The third-order valence-corrected chi connectivity index (χ3v) is 0.670. The second-order valence-electron chi connectivity index (χ2n) is 1.31. The van der Waals surface area contributed by atoms with Gasteiger partial charge in [-0.1, -0.05) is 6.08 Å². The van der Waals surface area contributed by atoms with Crippen molar-refractivity contribution in [2.45, 2.75) is 12.8 Å². The average molecular weight is 108 g/mol. The second-order valence-corrected chi connectivity index (χ2v) is 1.31. The Morgan fingerprint density at radius 2 is 2.38 bits per heavy atom. The minimum absolute atomic E-state index is 0.713. The van der Waals surface area contributed by atoms with Gasteiger partial charge in [-0.2, -0.15) is 0 Å². The van der Waals surface area contributed by atoms with Crippen LogP contribution in [0.1, 0.15) is 12.8 Å². The number of terminal acetylenes is 1. The zero-order valence-corrected chi connectivity index (χ0v) is 4.63. The largest absolute Gasteiger partial charge is 0.299 e. The van der Waals surface area contributed by atoms with E-state index in [0.717, 1.165) is 12.7 Å². The van der Waals surface area contributed by atoms with Crippen LogP contribution in [-0.2, 0) is 4.79 Å². The van der Waals surface area contributed by atoms with Gasteiger partial charge in [0.25, 0.3) is 0 Å². The maximum absolute atomic E-state index is 9.63. The Hall–Kier alpha value is -1.03. The monoisotopic (exact) mass is 108 g/mol. The Kier molecular flexibility index (Phi) is 5.20. The van der Waals surface area contributed by atoms with E-state index in [2.05, 4.69) is 5.92 Å². The lowest BCUT2D eigenvalue weighted by Gasteiger charge is -1.76. The molecule has 0 spiro atoms. The van der Waals surface area contributed by atoms with Crippen LogP contribution in [0.25, 0.3) is 0 Å².